The molecule has 98 valence electrons. The van der Waals surface area contributed by atoms with Gasteiger partial charge in [0.1, 0.15) is 5.84 Å². The van der Waals surface area contributed by atoms with Crippen molar-refractivity contribution >= 4 is 18.3 Å². The van der Waals surface area contributed by atoms with E-state index in [1.165, 1.54) is 0 Å². The van der Waals surface area contributed by atoms with Crippen molar-refractivity contribution in [2.24, 2.45) is 27.0 Å². The normalized spacial score (nSPS) is 32.7. The maximum atomic E-state index is 10.0. The highest BCUT2D eigenvalue weighted by Gasteiger charge is 2.30. The molecule has 0 spiro atoms. The Balaban J connectivity index is 1.86. The molecule has 0 bridgehead atoms. The summed E-state index contributed by atoms with van der Waals surface area (Å²) < 4.78 is 0. The van der Waals surface area contributed by atoms with E-state index >= 15 is 0 Å². The van der Waals surface area contributed by atoms with Crippen LogP contribution in [-0.4, -0.2) is 35.5 Å². The van der Waals surface area contributed by atoms with E-state index in [0.29, 0.717) is 12.3 Å². The third kappa shape index (κ3) is 2.22. The fraction of sp³-hybridized carbons (Fsp3) is 0.308. The molecule has 2 heterocycles. The second-order valence-corrected chi connectivity index (χ2v) is 4.70. The van der Waals surface area contributed by atoms with Gasteiger partial charge in [-0.3, -0.25) is 0 Å². The van der Waals surface area contributed by atoms with Crippen molar-refractivity contribution in [2.45, 2.75) is 18.6 Å². The fourth-order valence-electron chi connectivity index (χ4n) is 2.44. The van der Waals surface area contributed by atoms with Gasteiger partial charge < -0.3 is 16.3 Å². The number of nitrogens with two attached hydrogens (primary N) is 1. The molecule has 0 fully saturated rings. The second kappa shape index (κ2) is 4.81. The first-order valence-electron chi connectivity index (χ1n) is 6.17. The largest absolute Gasteiger partial charge is 0.388 e. The molecule has 6 heteroatoms. The maximum absolute atomic E-state index is 10.0. The van der Waals surface area contributed by atoms with Crippen LogP contribution in [0.2, 0.25) is 0 Å². The molecule has 19 heavy (non-hydrogen) atoms. The highest BCUT2D eigenvalue weighted by atomic mass is 16.3. The number of nitrogens with zero attached hydrogens (tertiary/aromatic N) is 3. The molecular weight excluding hydrogens is 242 g/mol. The number of nitrogens with one attached hydrogen (secondary N) is 1. The molecule has 0 aromatic rings. The van der Waals surface area contributed by atoms with Gasteiger partial charge in [0, 0.05) is 17.1 Å². The van der Waals surface area contributed by atoms with Gasteiger partial charge in [-0.05, 0) is 6.42 Å². The van der Waals surface area contributed by atoms with Crippen LogP contribution in [0.15, 0.2) is 50.8 Å². The van der Waals surface area contributed by atoms with Gasteiger partial charge in [-0.1, -0.05) is 24.3 Å². The molecule has 6 nitrogen and oxygen atoms in total. The zero-order valence-corrected chi connectivity index (χ0v) is 10.3. The minimum Gasteiger partial charge on any atom is -0.388 e. The summed E-state index contributed by atoms with van der Waals surface area (Å²) in [6.07, 6.45) is 11.1. The summed E-state index contributed by atoms with van der Waals surface area (Å²) in [5.41, 5.74) is 10.7. The van der Waals surface area contributed by atoms with Crippen LogP contribution in [0.1, 0.15) is 6.42 Å². The van der Waals surface area contributed by atoms with Gasteiger partial charge in [-0.15, -0.1) is 0 Å². The minimum absolute atomic E-state index is 0.00778. The van der Waals surface area contributed by atoms with Crippen LogP contribution >= 0.6 is 0 Å². The van der Waals surface area contributed by atoms with Crippen LogP contribution < -0.4 is 11.2 Å². The Morgan fingerprint density at radius 2 is 1.95 bits per heavy atom. The summed E-state index contributed by atoms with van der Waals surface area (Å²) in [5, 5.41) is 21.8. The smallest absolute Gasteiger partial charge is 0.147 e. The molecule has 0 amide bonds. The van der Waals surface area contributed by atoms with Gasteiger partial charge in [0.25, 0.3) is 0 Å². The summed E-state index contributed by atoms with van der Waals surface area (Å²) in [6.45, 7) is 0. The lowest BCUT2D eigenvalue weighted by atomic mass is 9.85. The fourth-order valence-corrected chi connectivity index (χ4v) is 2.44. The number of amidine groups is 1. The average Bonchev–Trinajstić information content (AvgIpc) is 2.94. The lowest BCUT2D eigenvalue weighted by Gasteiger charge is -2.32. The van der Waals surface area contributed by atoms with Crippen LogP contribution in [0.3, 0.4) is 0 Å². The van der Waals surface area contributed by atoms with E-state index in [1.54, 1.807) is 18.5 Å². The second-order valence-electron chi connectivity index (χ2n) is 4.70. The summed E-state index contributed by atoms with van der Waals surface area (Å²) in [5.74, 6) is 0.434. The van der Waals surface area contributed by atoms with Gasteiger partial charge in [0.05, 0.1) is 24.6 Å². The summed E-state index contributed by atoms with van der Waals surface area (Å²) >= 11 is 0. The van der Waals surface area contributed by atoms with Crippen molar-refractivity contribution in [3.63, 3.8) is 0 Å². The first-order valence-corrected chi connectivity index (χ1v) is 6.17. The number of allylic oxidation sites excluding steroid dienone is 3. The van der Waals surface area contributed by atoms with E-state index < -0.39 is 6.10 Å². The summed E-state index contributed by atoms with van der Waals surface area (Å²) in [7, 11) is 0. The van der Waals surface area contributed by atoms with E-state index in [0.717, 1.165) is 11.1 Å². The van der Waals surface area contributed by atoms with Gasteiger partial charge in [0.15, 0.2) is 0 Å². The lowest BCUT2D eigenvalue weighted by Crippen LogP contribution is -2.44. The highest BCUT2D eigenvalue weighted by Crippen LogP contribution is 2.25. The van der Waals surface area contributed by atoms with Crippen LogP contribution in [0, 0.1) is 5.92 Å². The van der Waals surface area contributed by atoms with Crippen LogP contribution in [0.5, 0.6) is 0 Å². The Morgan fingerprint density at radius 3 is 2.68 bits per heavy atom. The van der Waals surface area contributed by atoms with Crippen molar-refractivity contribution in [3.05, 3.63) is 35.5 Å². The molecule has 0 aromatic heterocycles. The predicted molar refractivity (Wildman–Crippen MR) is 74.9 cm³/mol. The van der Waals surface area contributed by atoms with Gasteiger partial charge in [-0.2, -0.15) is 15.3 Å². The van der Waals surface area contributed by atoms with Crippen molar-refractivity contribution in [2.75, 3.05) is 0 Å². The molecule has 4 N–H and O–H groups in total. The zero-order valence-electron chi connectivity index (χ0n) is 10.3. The molecular formula is C13H15N5O. The molecule has 3 aliphatic rings. The average molecular weight is 257 g/mol. The molecule has 3 rings (SSSR count). The molecule has 0 saturated carbocycles. The molecule has 0 radical (unpaired) electrons. The van der Waals surface area contributed by atoms with Crippen molar-refractivity contribution in [3.8, 4) is 0 Å². The lowest BCUT2D eigenvalue weighted by molar-refractivity contribution is 0.149. The maximum Gasteiger partial charge on any atom is 0.147 e. The molecule has 1 aliphatic carbocycles. The molecule has 3 atom stereocenters. The monoisotopic (exact) mass is 257 g/mol. The molecule has 0 aromatic carbocycles. The topological polar surface area (TPSA) is 95.4 Å². The Hall–Kier alpha value is -2.21. The van der Waals surface area contributed by atoms with E-state index in [2.05, 4.69) is 20.7 Å². The van der Waals surface area contributed by atoms with Crippen molar-refractivity contribution in [1.82, 2.24) is 5.43 Å². The zero-order chi connectivity index (χ0) is 13.2. The Morgan fingerprint density at radius 1 is 1.21 bits per heavy atom. The number of hydrogen-bond acceptors (Lipinski definition) is 6. The number of hydrogen-bond donors (Lipinski definition) is 3. The van der Waals surface area contributed by atoms with Gasteiger partial charge >= 0.3 is 0 Å². The molecule has 3 unspecified atom stereocenters. The van der Waals surface area contributed by atoms with E-state index in [9.17, 15) is 5.11 Å². The predicted octanol–water partition coefficient (Wildman–Crippen LogP) is 0.0904. The van der Waals surface area contributed by atoms with E-state index in [4.69, 9.17) is 5.73 Å². The standard InChI is InChI=1S/C13H15N5O/c14-13-10(8-6-15-16-7-8)5-11(17-18-13)9-3-1-2-4-12(9)19/h1-4,6-7,9,11-12,17,19H,5H2,(H2,14,18). The van der Waals surface area contributed by atoms with Crippen LogP contribution in [0.25, 0.3) is 0 Å². The number of aliphatic hydroxyl groups is 1. The third-order valence-corrected chi connectivity index (χ3v) is 3.50. The van der Waals surface area contributed by atoms with Crippen molar-refractivity contribution in [1.29, 1.82) is 0 Å². The molecule has 0 saturated heterocycles. The SMILES string of the molecule is NC1=NNC(C2C=CC=CC2O)CC1=C1C=NN=C1. The first-order chi connectivity index (χ1) is 9.25. The van der Waals surface area contributed by atoms with Gasteiger partial charge in [-0.25, -0.2) is 0 Å². The highest BCUT2D eigenvalue weighted by molar-refractivity contribution is 6.15. The third-order valence-electron chi connectivity index (χ3n) is 3.50. The quantitative estimate of drug-likeness (QED) is 0.621. The first kappa shape index (κ1) is 11.9. The minimum atomic E-state index is -0.505. The Labute approximate surface area is 110 Å². The summed E-state index contributed by atoms with van der Waals surface area (Å²) in [4.78, 5) is 0. The Bertz CT molecular complexity index is 541. The van der Waals surface area contributed by atoms with Crippen LogP contribution in [0.4, 0.5) is 0 Å². The number of aliphatic hydroxyl groups excluding tert-OH is 1. The van der Waals surface area contributed by atoms with E-state index in [-0.39, 0.29) is 12.0 Å². The van der Waals surface area contributed by atoms with Crippen molar-refractivity contribution < 1.29 is 5.11 Å². The van der Waals surface area contributed by atoms with Gasteiger partial charge in [0.2, 0.25) is 0 Å². The van der Waals surface area contributed by atoms with E-state index in [1.807, 2.05) is 18.2 Å². The summed E-state index contributed by atoms with van der Waals surface area (Å²) in [6, 6.07) is 0.00778. The number of hydrazone groups is 1. The van der Waals surface area contributed by atoms with Crippen LogP contribution in [-0.2, 0) is 0 Å². The number of rotatable bonds is 1. The molecule has 2 aliphatic heterocycles. The Kier molecular flexibility index (Phi) is 3.00.